The average molecular weight is 376 g/mol. The summed E-state index contributed by atoms with van der Waals surface area (Å²) in [5.74, 6) is 0.675. The molecule has 1 saturated heterocycles. The zero-order valence-corrected chi connectivity index (χ0v) is 16.0. The van der Waals surface area contributed by atoms with Gasteiger partial charge in [-0.2, -0.15) is 0 Å². The molecule has 0 radical (unpaired) electrons. The van der Waals surface area contributed by atoms with Crippen LogP contribution >= 0.6 is 0 Å². The Labute approximate surface area is 164 Å². The van der Waals surface area contributed by atoms with E-state index in [1.807, 2.05) is 54.6 Å². The number of methoxy groups -OCH3 is 1. The maximum atomic E-state index is 12.4. The predicted octanol–water partition coefficient (Wildman–Crippen LogP) is 4.21. The number of para-hydroxylation sites is 1. The topological polar surface area (TPSA) is 60.5 Å². The lowest BCUT2D eigenvalue weighted by molar-refractivity contribution is 0.0169. The van der Waals surface area contributed by atoms with Crippen molar-refractivity contribution < 1.29 is 14.3 Å². The molecule has 4 rings (SSSR count). The zero-order valence-electron chi connectivity index (χ0n) is 16.0. The molecule has 0 unspecified atom stereocenters. The Kier molecular flexibility index (Phi) is 5.53. The molecule has 2 aromatic carbocycles. The first kappa shape index (κ1) is 18.4. The van der Waals surface area contributed by atoms with Crippen molar-refractivity contribution in [2.45, 2.75) is 25.4 Å². The molecular weight excluding hydrogens is 352 g/mol. The van der Waals surface area contributed by atoms with Gasteiger partial charge < -0.3 is 14.8 Å². The van der Waals surface area contributed by atoms with E-state index in [4.69, 9.17) is 14.5 Å². The third-order valence-electron chi connectivity index (χ3n) is 5.11. The number of rotatable bonds is 5. The molecule has 0 spiro atoms. The van der Waals surface area contributed by atoms with Gasteiger partial charge in [0.05, 0.1) is 18.9 Å². The molecule has 28 heavy (non-hydrogen) atoms. The fourth-order valence-electron chi connectivity index (χ4n) is 3.51. The molecule has 2 heterocycles. The maximum absolute atomic E-state index is 12.4. The molecule has 3 aromatic rings. The largest absolute Gasteiger partial charge is 0.494 e. The van der Waals surface area contributed by atoms with E-state index in [0.29, 0.717) is 12.1 Å². The summed E-state index contributed by atoms with van der Waals surface area (Å²) in [7, 11) is 1.65. The van der Waals surface area contributed by atoms with Gasteiger partial charge in [0.1, 0.15) is 11.3 Å². The van der Waals surface area contributed by atoms with Crippen molar-refractivity contribution >= 4 is 16.8 Å². The van der Waals surface area contributed by atoms with E-state index in [1.54, 1.807) is 7.11 Å². The van der Waals surface area contributed by atoms with E-state index >= 15 is 0 Å². The normalized spacial score (nSPS) is 16.7. The van der Waals surface area contributed by atoms with Crippen molar-refractivity contribution in [3.05, 3.63) is 60.2 Å². The van der Waals surface area contributed by atoms with E-state index in [1.165, 1.54) is 6.42 Å². The van der Waals surface area contributed by atoms with E-state index in [2.05, 4.69) is 5.32 Å². The molecule has 144 valence electrons. The van der Waals surface area contributed by atoms with Gasteiger partial charge in [0.15, 0.2) is 0 Å². The number of aromatic nitrogens is 1. The van der Waals surface area contributed by atoms with E-state index < -0.39 is 0 Å². The summed E-state index contributed by atoms with van der Waals surface area (Å²) >= 11 is 0. The number of ether oxygens (including phenoxy) is 2. The number of amides is 1. The van der Waals surface area contributed by atoms with Crippen LogP contribution < -0.4 is 10.1 Å². The van der Waals surface area contributed by atoms with Crippen LogP contribution in [0.4, 0.5) is 0 Å². The van der Waals surface area contributed by atoms with Gasteiger partial charge in [0.25, 0.3) is 5.91 Å². The predicted molar refractivity (Wildman–Crippen MR) is 110 cm³/mol. The molecule has 1 aliphatic heterocycles. The number of carbonyl (C=O) groups excluding carboxylic acids is 1. The van der Waals surface area contributed by atoms with Crippen molar-refractivity contribution in [3.63, 3.8) is 0 Å². The number of hydrogen-bond donors (Lipinski definition) is 1. The third-order valence-corrected chi connectivity index (χ3v) is 5.11. The Morgan fingerprint density at radius 1 is 1.14 bits per heavy atom. The van der Waals surface area contributed by atoms with Gasteiger partial charge >= 0.3 is 0 Å². The van der Waals surface area contributed by atoms with Crippen LogP contribution in [0.5, 0.6) is 5.75 Å². The monoisotopic (exact) mass is 376 g/mol. The van der Waals surface area contributed by atoms with E-state index in [9.17, 15) is 4.79 Å². The number of fused-ring (bicyclic) bond motifs is 1. The van der Waals surface area contributed by atoms with Crippen LogP contribution in [0.3, 0.4) is 0 Å². The number of carbonyl (C=O) groups is 1. The van der Waals surface area contributed by atoms with Gasteiger partial charge in [-0.3, -0.25) is 4.79 Å². The summed E-state index contributed by atoms with van der Waals surface area (Å²) in [5.41, 5.74) is 3.27. The van der Waals surface area contributed by atoms with Gasteiger partial charge in [-0.15, -0.1) is 0 Å². The van der Waals surface area contributed by atoms with E-state index in [-0.39, 0.29) is 12.0 Å². The van der Waals surface area contributed by atoms with Crippen LogP contribution in [-0.4, -0.2) is 37.3 Å². The highest BCUT2D eigenvalue weighted by atomic mass is 16.5. The highest BCUT2D eigenvalue weighted by Crippen LogP contribution is 2.27. The Balaban J connectivity index is 1.48. The molecule has 5 nitrogen and oxygen atoms in total. The van der Waals surface area contributed by atoms with Crippen LogP contribution in [0.15, 0.2) is 54.6 Å². The van der Waals surface area contributed by atoms with Crippen LogP contribution in [0, 0.1) is 0 Å². The Bertz CT molecular complexity index is 963. The standard InChI is InChI=1S/C23H24N2O3/c1-27-21-7-4-5-17-12-13-20(25-22(17)21)16-8-10-18(11-9-16)23(26)24-15-19-6-2-3-14-28-19/h4-5,7-13,19H,2-3,6,14-15H2,1H3,(H,24,26)/t19-/m0/s1. The van der Waals surface area contributed by atoms with E-state index in [0.717, 1.165) is 47.4 Å². The molecular formula is C23H24N2O3. The minimum Gasteiger partial charge on any atom is -0.494 e. The zero-order chi connectivity index (χ0) is 19.3. The third kappa shape index (κ3) is 3.99. The number of benzene rings is 2. The molecule has 1 fully saturated rings. The average Bonchev–Trinajstić information content (AvgIpc) is 2.77. The van der Waals surface area contributed by atoms with Crippen LogP contribution in [0.25, 0.3) is 22.2 Å². The summed E-state index contributed by atoms with van der Waals surface area (Å²) in [6.07, 6.45) is 3.42. The lowest BCUT2D eigenvalue weighted by Gasteiger charge is -2.22. The minimum atomic E-state index is -0.0751. The number of nitrogens with zero attached hydrogens (tertiary/aromatic N) is 1. The number of hydrogen-bond acceptors (Lipinski definition) is 4. The lowest BCUT2D eigenvalue weighted by Crippen LogP contribution is -2.35. The van der Waals surface area contributed by atoms with Crippen molar-refractivity contribution in [1.82, 2.24) is 10.3 Å². The number of pyridine rings is 1. The Hall–Kier alpha value is -2.92. The highest BCUT2D eigenvalue weighted by molar-refractivity contribution is 5.94. The highest BCUT2D eigenvalue weighted by Gasteiger charge is 2.15. The van der Waals surface area contributed by atoms with Crippen LogP contribution in [-0.2, 0) is 4.74 Å². The summed E-state index contributed by atoms with van der Waals surface area (Å²) in [5, 5.41) is 4.00. The molecule has 5 heteroatoms. The Morgan fingerprint density at radius 3 is 2.75 bits per heavy atom. The molecule has 1 atom stereocenters. The van der Waals surface area contributed by atoms with Gasteiger partial charge in [0, 0.05) is 29.7 Å². The van der Waals surface area contributed by atoms with Crippen molar-refractivity contribution in [2.75, 3.05) is 20.3 Å². The fraction of sp³-hybridized carbons (Fsp3) is 0.304. The first-order valence-corrected chi connectivity index (χ1v) is 9.68. The Morgan fingerprint density at radius 2 is 2.00 bits per heavy atom. The molecule has 0 aliphatic carbocycles. The van der Waals surface area contributed by atoms with Crippen molar-refractivity contribution in [2.24, 2.45) is 0 Å². The SMILES string of the molecule is COc1cccc2ccc(-c3ccc(C(=O)NC[C@@H]4CCCCO4)cc3)nc12. The quantitative estimate of drug-likeness (QED) is 0.725. The molecule has 1 N–H and O–H groups in total. The summed E-state index contributed by atoms with van der Waals surface area (Å²) < 4.78 is 11.1. The number of nitrogens with one attached hydrogen (secondary N) is 1. The van der Waals surface area contributed by atoms with Crippen LogP contribution in [0.2, 0.25) is 0 Å². The summed E-state index contributed by atoms with van der Waals surface area (Å²) in [4.78, 5) is 17.1. The second-order valence-electron chi connectivity index (χ2n) is 7.00. The summed E-state index contributed by atoms with van der Waals surface area (Å²) in [6.45, 7) is 1.35. The fourth-order valence-corrected chi connectivity index (χ4v) is 3.51. The first-order valence-electron chi connectivity index (χ1n) is 9.68. The van der Waals surface area contributed by atoms with Crippen molar-refractivity contribution in [3.8, 4) is 17.0 Å². The van der Waals surface area contributed by atoms with Gasteiger partial charge in [-0.25, -0.2) is 4.98 Å². The molecule has 1 aromatic heterocycles. The molecule has 1 amide bonds. The molecule has 0 saturated carbocycles. The minimum absolute atomic E-state index is 0.0751. The lowest BCUT2D eigenvalue weighted by atomic mass is 10.1. The second kappa shape index (κ2) is 8.40. The second-order valence-corrected chi connectivity index (χ2v) is 7.00. The van der Waals surface area contributed by atoms with Gasteiger partial charge in [0.2, 0.25) is 0 Å². The molecule has 1 aliphatic rings. The van der Waals surface area contributed by atoms with Gasteiger partial charge in [-0.1, -0.05) is 30.3 Å². The first-order chi connectivity index (χ1) is 13.7. The van der Waals surface area contributed by atoms with Crippen molar-refractivity contribution in [1.29, 1.82) is 0 Å². The summed E-state index contributed by atoms with van der Waals surface area (Å²) in [6, 6.07) is 17.4. The smallest absolute Gasteiger partial charge is 0.251 e. The molecule has 0 bridgehead atoms. The van der Waals surface area contributed by atoms with Crippen LogP contribution in [0.1, 0.15) is 29.6 Å². The van der Waals surface area contributed by atoms with Gasteiger partial charge in [-0.05, 0) is 43.5 Å². The maximum Gasteiger partial charge on any atom is 0.251 e.